The number of rotatable bonds is 4. The summed E-state index contributed by atoms with van der Waals surface area (Å²) in [5.74, 6) is -0.192. The first kappa shape index (κ1) is 14.9. The van der Waals surface area contributed by atoms with Crippen LogP contribution >= 0.6 is 11.6 Å². The van der Waals surface area contributed by atoms with E-state index in [0.717, 1.165) is 11.3 Å². The summed E-state index contributed by atoms with van der Waals surface area (Å²) in [6.07, 6.45) is 0. The van der Waals surface area contributed by atoms with Crippen molar-refractivity contribution in [1.82, 2.24) is 0 Å². The van der Waals surface area contributed by atoms with Gasteiger partial charge < -0.3 is 10.6 Å². The number of hydrogen-bond donors (Lipinski definition) is 2. The molecule has 4 nitrogen and oxygen atoms in total. The summed E-state index contributed by atoms with van der Waals surface area (Å²) in [5, 5.41) is 15.2. The Morgan fingerprint density at radius 1 is 1.24 bits per heavy atom. The average molecular weight is 300 g/mol. The predicted molar refractivity (Wildman–Crippen MR) is 84.5 cm³/mol. The molecule has 0 aromatic heterocycles. The molecule has 0 radical (unpaired) electrons. The van der Waals surface area contributed by atoms with E-state index in [2.05, 4.69) is 10.6 Å². The van der Waals surface area contributed by atoms with E-state index in [1.54, 1.807) is 18.2 Å². The number of nitrogens with zero attached hydrogens (tertiary/aromatic N) is 1. The van der Waals surface area contributed by atoms with Crippen molar-refractivity contribution in [3.05, 3.63) is 58.6 Å². The van der Waals surface area contributed by atoms with E-state index >= 15 is 0 Å². The third-order valence-corrected chi connectivity index (χ3v) is 3.11. The van der Waals surface area contributed by atoms with Gasteiger partial charge in [0.15, 0.2) is 0 Å². The minimum absolute atomic E-state index is 0.0584. The molecule has 0 spiro atoms. The van der Waals surface area contributed by atoms with Crippen LogP contribution in [0.25, 0.3) is 0 Å². The Kier molecular flexibility index (Phi) is 4.81. The van der Waals surface area contributed by atoms with E-state index in [-0.39, 0.29) is 12.5 Å². The molecule has 1 amide bonds. The Bertz CT molecular complexity index is 690. The SMILES string of the molecule is Cc1ccc(NC(=O)CNc2cc(Cl)ccc2C#N)cc1. The summed E-state index contributed by atoms with van der Waals surface area (Å²) < 4.78 is 0. The molecule has 2 rings (SSSR count). The van der Waals surface area contributed by atoms with Gasteiger partial charge in [-0.05, 0) is 37.3 Å². The molecule has 0 unspecified atom stereocenters. The van der Waals surface area contributed by atoms with Crippen LogP contribution in [-0.2, 0) is 4.79 Å². The van der Waals surface area contributed by atoms with Crippen LogP contribution in [0.15, 0.2) is 42.5 Å². The van der Waals surface area contributed by atoms with Crippen molar-refractivity contribution in [2.24, 2.45) is 0 Å². The third kappa shape index (κ3) is 4.23. The van der Waals surface area contributed by atoms with Gasteiger partial charge in [0.1, 0.15) is 6.07 Å². The Morgan fingerprint density at radius 3 is 2.62 bits per heavy atom. The number of amides is 1. The number of anilines is 2. The van der Waals surface area contributed by atoms with Crippen molar-refractivity contribution in [3.8, 4) is 6.07 Å². The second kappa shape index (κ2) is 6.78. The van der Waals surface area contributed by atoms with Gasteiger partial charge in [0.25, 0.3) is 0 Å². The van der Waals surface area contributed by atoms with E-state index in [1.165, 1.54) is 0 Å². The molecule has 0 aliphatic carbocycles. The number of halogens is 1. The fraction of sp³-hybridized carbons (Fsp3) is 0.125. The fourth-order valence-electron chi connectivity index (χ4n) is 1.78. The van der Waals surface area contributed by atoms with Crippen LogP contribution in [-0.4, -0.2) is 12.5 Å². The van der Waals surface area contributed by atoms with Gasteiger partial charge in [-0.2, -0.15) is 5.26 Å². The van der Waals surface area contributed by atoms with E-state index < -0.39 is 0 Å². The normalized spacial score (nSPS) is 9.76. The van der Waals surface area contributed by atoms with E-state index in [9.17, 15) is 4.79 Å². The van der Waals surface area contributed by atoms with Crippen LogP contribution in [0, 0.1) is 18.3 Å². The maximum atomic E-state index is 11.9. The van der Waals surface area contributed by atoms with E-state index in [4.69, 9.17) is 16.9 Å². The zero-order valence-corrected chi connectivity index (χ0v) is 12.2. The molecule has 0 atom stereocenters. The van der Waals surface area contributed by atoms with E-state index in [0.29, 0.717) is 16.3 Å². The summed E-state index contributed by atoms with van der Waals surface area (Å²) in [4.78, 5) is 11.9. The molecule has 0 aliphatic heterocycles. The van der Waals surface area contributed by atoms with Gasteiger partial charge in [-0.25, -0.2) is 0 Å². The summed E-state index contributed by atoms with van der Waals surface area (Å²) in [6, 6.07) is 14.5. The highest BCUT2D eigenvalue weighted by Gasteiger charge is 2.06. The second-order valence-electron chi connectivity index (χ2n) is 4.57. The van der Waals surface area contributed by atoms with Crippen LogP contribution < -0.4 is 10.6 Å². The molecule has 5 heteroatoms. The lowest BCUT2D eigenvalue weighted by Gasteiger charge is -2.09. The first-order valence-corrected chi connectivity index (χ1v) is 6.76. The Hall–Kier alpha value is -2.51. The molecule has 21 heavy (non-hydrogen) atoms. The summed E-state index contributed by atoms with van der Waals surface area (Å²) in [7, 11) is 0. The summed E-state index contributed by atoms with van der Waals surface area (Å²) in [6.45, 7) is 2.04. The quantitative estimate of drug-likeness (QED) is 0.907. The Balaban J connectivity index is 1.97. The van der Waals surface area contributed by atoms with Crippen molar-refractivity contribution < 1.29 is 4.79 Å². The number of nitrogens with one attached hydrogen (secondary N) is 2. The highest BCUT2D eigenvalue weighted by molar-refractivity contribution is 6.30. The molecule has 2 aromatic carbocycles. The Morgan fingerprint density at radius 2 is 1.95 bits per heavy atom. The number of benzene rings is 2. The lowest BCUT2D eigenvalue weighted by molar-refractivity contribution is -0.114. The number of nitriles is 1. The molecule has 2 N–H and O–H groups in total. The predicted octanol–water partition coefficient (Wildman–Crippen LogP) is 3.57. The van der Waals surface area contributed by atoms with E-state index in [1.807, 2.05) is 37.3 Å². The topological polar surface area (TPSA) is 64.9 Å². The van der Waals surface area contributed by atoms with Crippen molar-refractivity contribution in [2.45, 2.75) is 6.92 Å². The zero-order valence-electron chi connectivity index (χ0n) is 11.5. The smallest absolute Gasteiger partial charge is 0.243 e. The molecule has 2 aromatic rings. The molecule has 0 saturated heterocycles. The van der Waals surface area contributed by atoms with Gasteiger partial charge in [-0.3, -0.25) is 4.79 Å². The molecule has 0 fully saturated rings. The van der Waals surface area contributed by atoms with Crippen LogP contribution in [0.4, 0.5) is 11.4 Å². The number of hydrogen-bond acceptors (Lipinski definition) is 3. The van der Waals surface area contributed by atoms with Crippen LogP contribution in [0.1, 0.15) is 11.1 Å². The number of carbonyl (C=O) groups excluding carboxylic acids is 1. The lowest BCUT2D eigenvalue weighted by atomic mass is 10.2. The summed E-state index contributed by atoms with van der Waals surface area (Å²) >= 11 is 5.88. The zero-order chi connectivity index (χ0) is 15.2. The van der Waals surface area contributed by atoms with Crippen LogP contribution in [0.5, 0.6) is 0 Å². The molecule has 0 saturated carbocycles. The maximum absolute atomic E-state index is 11.9. The van der Waals surface area contributed by atoms with Crippen molar-refractivity contribution in [2.75, 3.05) is 17.2 Å². The minimum Gasteiger partial charge on any atom is -0.375 e. The molecule has 0 heterocycles. The average Bonchev–Trinajstić information content (AvgIpc) is 2.48. The molecule has 0 aliphatic rings. The van der Waals surface area contributed by atoms with Gasteiger partial charge in [0.05, 0.1) is 17.8 Å². The first-order valence-electron chi connectivity index (χ1n) is 6.38. The second-order valence-corrected chi connectivity index (χ2v) is 5.01. The monoisotopic (exact) mass is 299 g/mol. The fourth-order valence-corrected chi connectivity index (χ4v) is 1.95. The maximum Gasteiger partial charge on any atom is 0.243 e. The van der Waals surface area contributed by atoms with Gasteiger partial charge in [0.2, 0.25) is 5.91 Å². The summed E-state index contributed by atoms with van der Waals surface area (Å²) in [5.41, 5.74) is 2.86. The van der Waals surface area contributed by atoms with Gasteiger partial charge >= 0.3 is 0 Å². The van der Waals surface area contributed by atoms with Gasteiger partial charge in [-0.1, -0.05) is 29.3 Å². The van der Waals surface area contributed by atoms with Crippen LogP contribution in [0.2, 0.25) is 5.02 Å². The molecule has 0 bridgehead atoms. The van der Waals surface area contributed by atoms with Gasteiger partial charge in [0, 0.05) is 10.7 Å². The van der Waals surface area contributed by atoms with Crippen LogP contribution in [0.3, 0.4) is 0 Å². The van der Waals surface area contributed by atoms with Crippen molar-refractivity contribution in [3.63, 3.8) is 0 Å². The Labute approximate surface area is 128 Å². The number of carbonyl (C=O) groups is 1. The standard InChI is InChI=1S/C16H14ClN3O/c1-11-2-6-14(7-3-11)20-16(21)10-19-15-8-13(17)5-4-12(15)9-18/h2-8,19H,10H2,1H3,(H,20,21). The third-order valence-electron chi connectivity index (χ3n) is 2.88. The molecular weight excluding hydrogens is 286 g/mol. The van der Waals surface area contributed by atoms with Crippen molar-refractivity contribution >= 4 is 28.9 Å². The highest BCUT2D eigenvalue weighted by Crippen LogP contribution is 2.20. The highest BCUT2D eigenvalue weighted by atomic mass is 35.5. The minimum atomic E-state index is -0.192. The number of aryl methyl sites for hydroxylation is 1. The van der Waals surface area contributed by atoms with Crippen molar-refractivity contribution in [1.29, 1.82) is 5.26 Å². The molecular formula is C16H14ClN3O. The molecule has 106 valence electrons. The first-order chi connectivity index (χ1) is 10.1. The van der Waals surface area contributed by atoms with Gasteiger partial charge in [-0.15, -0.1) is 0 Å². The largest absolute Gasteiger partial charge is 0.375 e. The lowest BCUT2D eigenvalue weighted by Crippen LogP contribution is -2.22.